The molecule has 1 aromatic rings. The molecule has 0 bridgehead atoms. The van der Waals surface area contributed by atoms with E-state index in [1.54, 1.807) is 7.11 Å². The predicted molar refractivity (Wildman–Crippen MR) is 108 cm³/mol. The number of carbonyl (C=O) groups is 3. The minimum absolute atomic E-state index is 0.0410. The first-order chi connectivity index (χ1) is 13.9. The van der Waals surface area contributed by atoms with Gasteiger partial charge < -0.3 is 14.4 Å². The molecule has 2 aliphatic rings. The van der Waals surface area contributed by atoms with Crippen LogP contribution in [0.1, 0.15) is 50.5 Å². The second-order valence-corrected chi connectivity index (χ2v) is 7.85. The van der Waals surface area contributed by atoms with Gasteiger partial charge in [-0.05, 0) is 49.8 Å². The quantitative estimate of drug-likeness (QED) is 0.683. The summed E-state index contributed by atoms with van der Waals surface area (Å²) in [5, 5.41) is 2.76. The number of imide groups is 1. The van der Waals surface area contributed by atoms with Crippen LogP contribution in [0.2, 0.25) is 5.02 Å². The van der Waals surface area contributed by atoms with E-state index in [1.807, 2.05) is 24.0 Å². The zero-order valence-corrected chi connectivity index (χ0v) is 17.6. The molecule has 2 fully saturated rings. The van der Waals surface area contributed by atoms with Gasteiger partial charge in [0.15, 0.2) is 0 Å². The summed E-state index contributed by atoms with van der Waals surface area (Å²) in [5.41, 5.74) is 1.10. The van der Waals surface area contributed by atoms with Gasteiger partial charge in [0.1, 0.15) is 16.5 Å². The first-order valence-electron chi connectivity index (χ1n) is 10.0. The van der Waals surface area contributed by atoms with Crippen molar-refractivity contribution in [3.63, 3.8) is 0 Å². The van der Waals surface area contributed by atoms with Crippen LogP contribution >= 0.6 is 11.6 Å². The number of hydrogen-bond acceptors (Lipinski definition) is 5. The monoisotopic (exact) mass is 422 g/mol. The molecule has 0 spiro atoms. The van der Waals surface area contributed by atoms with Crippen LogP contribution in [0.4, 0.5) is 0 Å². The molecule has 158 valence electrons. The topological polar surface area (TPSA) is 84.9 Å². The SMILES string of the molecule is CCOc1cc(C2CCN(C(=O)CC[C@H]3CC(=O)NC3=O)CC2)cc(OC)c1Cl. The number of halogens is 1. The molecule has 3 rings (SSSR count). The van der Waals surface area contributed by atoms with Gasteiger partial charge >= 0.3 is 0 Å². The third-order valence-electron chi connectivity index (χ3n) is 5.64. The maximum atomic E-state index is 12.5. The molecule has 0 aliphatic carbocycles. The Labute approximate surface area is 175 Å². The minimum Gasteiger partial charge on any atom is -0.495 e. The second kappa shape index (κ2) is 9.48. The Bertz CT molecular complexity index is 790. The van der Waals surface area contributed by atoms with Crippen LogP contribution in [0, 0.1) is 5.92 Å². The van der Waals surface area contributed by atoms with Gasteiger partial charge in [0.25, 0.3) is 0 Å². The van der Waals surface area contributed by atoms with Crippen molar-refractivity contribution in [3.8, 4) is 11.5 Å². The molecule has 0 unspecified atom stereocenters. The number of rotatable bonds is 7. The summed E-state index contributed by atoms with van der Waals surface area (Å²) in [6, 6.07) is 3.91. The third-order valence-corrected chi connectivity index (χ3v) is 6.01. The van der Waals surface area contributed by atoms with Gasteiger partial charge in [-0.15, -0.1) is 0 Å². The summed E-state index contributed by atoms with van der Waals surface area (Å²) in [6.07, 6.45) is 2.57. The molecule has 0 saturated carbocycles. The van der Waals surface area contributed by atoms with Crippen LogP contribution in [0.25, 0.3) is 0 Å². The number of methoxy groups -OCH3 is 1. The minimum atomic E-state index is -0.373. The van der Waals surface area contributed by atoms with Crippen molar-refractivity contribution in [1.82, 2.24) is 10.2 Å². The lowest BCUT2D eigenvalue weighted by Crippen LogP contribution is -2.38. The molecule has 0 radical (unpaired) electrons. The molecule has 29 heavy (non-hydrogen) atoms. The molecule has 7 nitrogen and oxygen atoms in total. The average Bonchev–Trinajstić information content (AvgIpc) is 3.05. The highest BCUT2D eigenvalue weighted by molar-refractivity contribution is 6.33. The van der Waals surface area contributed by atoms with Gasteiger partial charge in [0.05, 0.1) is 13.7 Å². The van der Waals surface area contributed by atoms with Crippen LogP contribution in [0.3, 0.4) is 0 Å². The Morgan fingerprint density at radius 2 is 1.93 bits per heavy atom. The lowest BCUT2D eigenvalue weighted by molar-refractivity contribution is -0.132. The van der Waals surface area contributed by atoms with Gasteiger partial charge in [0, 0.05) is 31.8 Å². The zero-order valence-electron chi connectivity index (χ0n) is 16.8. The average molecular weight is 423 g/mol. The van der Waals surface area contributed by atoms with Crippen molar-refractivity contribution in [2.75, 3.05) is 26.8 Å². The van der Waals surface area contributed by atoms with E-state index in [9.17, 15) is 14.4 Å². The van der Waals surface area contributed by atoms with E-state index >= 15 is 0 Å². The van der Waals surface area contributed by atoms with Gasteiger partial charge in [-0.25, -0.2) is 0 Å². The molecule has 2 saturated heterocycles. The van der Waals surface area contributed by atoms with E-state index in [0.717, 1.165) is 18.4 Å². The highest BCUT2D eigenvalue weighted by atomic mass is 35.5. The molecule has 1 atom stereocenters. The van der Waals surface area contributed by atoms with E-state index in [-0.39, 0.29) is 30.1 Å². The van der Waals surface area contributed by atoms with Crippen LogP contribution in [-0.2, 0) is 14.4 Å². The number of benzene rings is 1. The van der Waals surface area contributed by atoms with E-state index in [1.165, 1.54) is 0 Å². The molecule has 2 heterocycles. The molecular formula is C21H27ClN2O5. The first kappa shape index (κ1) is 21.4. The van der Waals surface area contributed by atoms with Gasteiger partial charge in [0.2, 0.25) is 17.7 Å². The number of carbonyl (C=O) groups excluding carboxylic acids is 3. The number of nitrogens with one attached hydrogen (secondary N) is 1. The number of nitrogens with zero attached hydrogens (tertiary/aromatic N) is 1. The van der Waals surface area contributed by atoms with Crippen LogP contribution in [0.5, 0.6) is 11.5 Å². The Balaban J connectivity index is 1.56. The normalized spacial score (nSPS) is 20.0. The van der Waals surface area contributed by atoms with Crippen molar-refractivity contribution in [2.45, 2.75) is 44.9 Å². The summed E-state index contributed by atoms with van der Waals surface area (Å²) in [6.45, 7) is 3.75. The van der Waals surface area contributed by atoms with Crippen molar-refractivity contribution in [2.24, 2.45) is 5.92 Å². The van der Waals surface area contributed by atoms with Crippen LogP contribution in [0.15, 0.2) is 12.1 Å². The molecular weight excluding hydrogens is 396 g/mol. The fraction of sp³-hybridized carbons (Fsp3) is 0.571. The van der Waals surface area contributed by atoms with Gasteiger partial charge in [-0.3, -0.25) is 19.7 Å². The summed E-state index contributed by atoms with van der Waals surface area (Å²) >= 11 is 6.32. The van der Waals surface area contributed by atoms with Gasteiger partial charge in [-0.1, -0.05) is 11.6 Å². The molecule has 1 N–H and O–H groups in total. The molecule has 3 amide bonds. The van der Waals surface area contributed by atoms with E-state index in [2.05, 4.69) is 5.32 Å². The number of likely N-dealkylation sites (tertiary alicyclic amines) is 1. The molecule has 1 aromatic carbocycles. The van der Waals surface area contributed by atoms with Crippen LogP contribution < -0.4 is 14.8 Å². The fourth-order valence-electron chi connectivity index (χ4n) is 4.00. The molecule has 8 heteroatoms. The van der Waals surface area contributed by atoms with E-state index < -0.39 is 0 Å². The standard InChI is InChI=1S/C21H27ClN2O5/c1-3-29-17-11-15(10-16(28-2)20(17)22)13-6-8-24(9-7-13)19(26)5-4-14-12-18(25)23-21(14)27/h10-11,13-14H,3-9,12H2,1-2H3,(H,23,25,27)/t14-/m0/s1. The summed E-state index contributed by atoms with van der Waals surface area (Å²) in [5.74, 6) is 0.660. The number of amides is 3. The zero-order chi connectivity index (χ0) is 21.0. The Kier molecular flexibility index (Phi) is 7.00. The van der Waals surface area contributed by atoms with E-state index in [0.29, 0.717) is 55.0 Å². The maximum Gasteiger partial charge on any atom is 0.230 e. The summed E-state index contributed by atoms with van der Waals surface area (Å²) < 4.78 is 11.0. The predicted octanol–water partition coefficient (Wildman–Crippen LogP) is 2.90. The molecule has 0 aromatic heterocycles. The first-order valence-corrected chi connectivity index (χ1v) is 10.4. The largest absolute Gasteiger partial charge is 0.495 e. The Morgan fingerprint density at radius 3 is 2.52 bits per heavy atom. The Hall–Kier alpha value is -2.28. The van der Waals surface area contributed by atoms with Gasteiger partial charge in [-0.2, -0.15) is 0 Å². The van der Waals surface area contributed by atoms with E-state index in [4.69, 9.17) is 21.1 Å². The van der Waals surface area contributed by atoms with Crippen molar-refractivity contribution in [1.29, 1.82) is 0 Å². The number of ether oxygens (including phenoxy) is 2. The van der Waals surface area contributed by atoms with Crippen molar-refractivity contribution in [3.05, 3.63) is 22.7 Å². The Morgan fingerprint density at radius 1 is 1.24 bits per heavy atom. The summed E-state index contributed by atoms with van der Waals surface area (Å²) in [7, 11) is 1.58. The number of piperidine rings is 1. The van der Waals surface area contributed by atoms with Crippen LogP contribution in [-0.4, -0.2) is 49.4 Å². The smallest absolute Gasteiger partial charge is 0.230 e. The second-order valence-electron chi connectivity index (χ2n) is 7.48. The summed E-state index contributed by atoms with van der Waals surface area (Å²) in [4.78, 5) is 37.3. The highest BCUT2D eigenvalue weighted by Gasteiger charge is 2.32. The molecule has 2 aliphatic heterocycles. The fourth-order valence-corrected chi connectivity index (χ4v) is 4.24. The lowest BCUT2D eigenvalue weighted by Gasteiger charge is -2.33. The number of hydrogen-bond donors (Lipinski definition) is 1. The third kappa shape index (κ3) is 5.01. The lowest BCUT2D eigenvalue weighted by atomic mass is 9.89. The highest BCUT2D eigenvalue weighted by Crippen LogP contribution is 2.40. The maximum absolute atomic E-state index is 12.5. The van der Waals surface area contributed by atoms with Crippen molar-refractivity contribution < 1.29 is 23.9 Å². The van der Waals surface area contributed by atoms with Crippen molar-refractivity contribution >= 4 is 29.3 Å².